The fourth-order valence-electron chi connectivity index (χ4n) is 1.80. The van der Waals surface area contributed by atoms with Crippen molar-refractivity contribution in [3.63, 3.8) is 0 Å². The van der Waals surface area contributed by atoms with Crippen LogP contribution in [0.25, 0.3) is 0 Å². The van der Waals surface area contributed by atoms with Crippen molar-refractivity contribution in [2.45, 2.75) is 9.79 Å². The molecule has 0 bridgehead atoms. The number of allylic oxidation sites excluding steroid dienone is 1. The highest BCUT2D eigenvalue weighted by Crippen LogP contribution is 2.27. The molecule has 2 aromatic carbocycles. The van der Waals surface area contributed by atoms with Crippen molar-refractivity contribution in [3.8, 4) is 0 Å². The van der Waals surface area contributed by atoms with E-state index in [2.05, 4.69) is 41.0 Å². The minimum Gasteiger partial charge on any atom is -0.361 e. The van der Waals surface area contributed by atoms with Gasteiger partial charge in [-0.05, 0) is 42.9 Å². The predicted octanol–water partition coefficient (Wildman–Crippen LogP) is 5.46. The van der Waals surface area contributed by atoms with Gasteiger partial charge >= 0.3 is 0 Å². The smallest absolute Gasteiger partial charge is 0.0765 e. The summed E-state index contributed by atoms with van der Waals surface area (Å²) < 4.78 is 0. The number of rotatable bonds is 6. The minimum absolute atomic E-state index is 0.999. The lowest BCUT2D eigenvalue weighted by Crippen LogP contribution is -1.89. The predicted molar refractivity (Wildman–Crippen MR) is 97.4 cm³/mol. The van der Waals surface area contributed by atoms with Crippen LogP contribution in [-0.4, -0.2) is 18.7 Å². The maximum atomic E-state index is 4.47. The van der Waals surface area contributed by atoms with E-state index in [9.17, 15) is 0 Å². The first-order chi connectivity index (χ1) is 10.3. The summed E-state index contributed by atoms with van der Waals surface area (Å²) in [6.45, 7) is 0. The van der Waals surface area contributed by atoms with E-state index in [4.69, 9.17) is 0 Å². The summed E-state index contributed by atoms with van der Waals surface area (Å²) in [5.74, 6) is 0. The number of para-hydroxylation sites is 2. The van der Waals surface area contributed by atoms with Gasteiger partial charge in [-0.15, -0.1) is 23.5 Å². The van der Waals surface area contributed by atoms with Gasteiger partial charge in [0.15, 0.2) is 0 Å². The Bertz CT molecular complexity index is 636. The van der Waals surface area contributed by atoms with Gasteiger partial charge in [-0.2, -0.15) is 0 Å². The van der Waals surface area contributed by atoms with Gasteiger partial charge in [0.25, 0.3) is 0 Å². The Labute approximate surface area is 134 Å². The fraction of sp³-hybridized carbons (Fsp3) is 0.118. The topological polar surface area (TPSA) is 24.4 Å². The highest BCUT2D eigenvalue weighted by atomic mass is 32.2. The molecular weight excluding hydrogens is 296 g/mol. The highest BCUT2D eigenvalue weighted by molar-refractivity contribution is 7.99. The second-order valence-electron chi connectivity index (χ2n) is 4.15. The molecule has 0 aliphatic heterocycles. The zero-order valence-electron chi connectivity index (χ0n) is 12.1. The van der Waals surface area contributed by atoms with E-state index in [0.29, 0.717) is 0 Å². The Balaban J connectivity index is 1.98. The van der Waals surface area contributed by atoms with Gasteiger partial charge in [-0.25, -0.2) is 0 Å². The molecule has 0 spiro atoms. The Morgan fingerprint density at radius 3 is 2.33 bits per heavy atom. The van der Waals surface area contributed by atoms with Crippen molar-refractivity contribution >= 4 is 41.1 Å². The van der Waals surface area contributed by atoms with Crippen molar-refractivity contribution in [2.24, 2.45) is 4.99 Å². The van der Waals surface area contributed by atoms with Crippen LogP contribution in [0.3, 0.4) is 0 Å². The van der Waals surface area contributed by atoms with Crippen molar-refractivity contribution in [3.05, 3.63) is 60.8 Å². The zero-order valence-corrected chi connectivity index (χ0v) is 13.7. The molecular formula is C17H18N2S2. The second kappa shape index (κ2) is 8.60. The van der Waals surface area contributed by atoms with Crippen LogP contribution in [0, 0.1) is 0 Å². The maximum absolute atomic E-state index is 4.47. The number of nitrogens with one attached hydrogen (secondary N) is 1. The molecule has 2 rings (SSSR count). The van der Waals surface area contributed by atoms with Crippen molar-refractivity contribution in [2.75, 3.05) is 17.8 Å². The van der Waals surface area contributed by atoms with Crippen LogP contribution in [0.2, 0.25) is 0 Å². The molecule has 0 unspecified atom stereocenters. The second-order valence-corrected chi connectivity index (χ2v) is 5.85. The normalized spacial score (nSPS) is 11.3. The van der Waals surface area contributed by atoms with Gasteiger partial charge < -0.3 is 5.32 Å². The van der Waals surface area contributed by atoms with Gasteiger partial charge in [0, 0.05) is 22.2 Å². The summed E-state index contributed by atoms with van der Waals surface area (Å²) in [6, 6.07) is 16.4. The molecule has 0 saturated carbocycles. The summed E-state index contributed by atoms with van der Waals surface area (Å²) in [4.78, 5) is 6.88. The number of benzene rings is 2. The van der Waals surface area contributed by atoms with Crippen LogP contribution in [0.4, 0.5) is 11.4 Å². The molecule has 4 heteroatoms. The number of aliphatic imine (C=N–C) groups is 1. The summed E-state index contributed by atoms with van der Waals surface area (Å²) in [5.41, 5.74) is 2.11. The lowest BCUT2D eigenvalue weighted by Gasteiger charge is -2.05. The number of hydrogen-bond donors (Lipinski definition) is 1. The largest absolute Gasteiger partial charge is 0.361 e. The lowest BCUT2D eigenvalue weighted by molar-refractivity contribution is 1.38. The van der Waals surface area contributed by atoms with Gasteiger partial charge in [0.1, 0.15) is 0 Å². The van der Waals surface area contributed by atoms with Crippen molar-refractivity contribution in [1.29, 1.82) is 0 Å². The van der Waals surface area contributed by atoms with E-state index in [0.717, 1.165) is 11.4 Å². The average molecular weight is 314 g/mol. The average Bonchev–Trinajstić information content (AvgIpc) is 2.55. The van der Waals surface area contributed by atoms with Crippen LogP contribution in [0.5, 0.6) is 0 Å². The Morgan fingerprint density at radius 2 is 1.57 bits per heavy atom. The van der Waals surface area contributed by atoms with Crippen LogP contribution in [0.15, 0.2) is 75.6 Å². The monoisotopic (exact) mass is 314 g/mol. The van der Waals surface area contributed by atoms with Gasteiger partial charge in [0.05, 0.1) is 11.4 Å². The molecule has 108 valence electrons. The third-order valence-electron chi connectivity index (χ3n) is 2.83. The molecule has 0 aliphatic carbocycles. The van der Waals surface area contributed by atoms with E-state index in [-0.39, 0.29) is 0 Å². The molecule has 2 nitrogen and oxygen atoms in total. The molecule has 0 atom stereocenters. The summed E-state index contributed by atoms with van der Waals surface area (Å²) in [6.07, 6.45) is 9.76. The van der Waals surface area contributed by atoms with Crippen molar-refractivity contribution < 1.29 is 0 Å². The van der Waals surface area contributed by atoms with Gasteiger partial charge in [0.2, 0.25) is 0 Å². The Morgan fingerprint density at radius 1 is 0.905 bits per heavy atom. The first-order valence-corrected chi connectivity index (χ1v) is 9.02. The molecule has 0 fully saturated rings. The molecule has 0 radical (unpaired) electrons. The van der Waals surface area contributed by atoms with Gasteiger partial charge in [-0.1, -0.05) is 24.3 Å². The van der Waals surface area contributed by atoms with E-state index < -0.39 is 0 Å². The molecule has 0 saturated heterocycles. The van der Waals surface area contributed by atoms with E-state index in [1.54, 1.807) is 23.5 Å². The molecule has 0 aliphatic rings. The van der Waals surface area contributed by atoms with Crippen LogP contribution < -0.4 is 5.32 Å². The molecule has 0 heterocycles. The number of hydrogen-bond acceptors (Lipinski definition) is 4. The Hall–Kier alpha value is -1.65. The van der Waals surface area contributed by atoms with E-state index in [1.165, 1.54) is 9.79 Å². The third kappa shape index (κ3) is 4.69. The van der Waals surface area contributed by atoms with E-state index in [1.807, 2.05) is 48.8 Å². The maximum Gasteiger partial charge on any atom is 0.0765 e. The standard InChI is InChI=1S/C17H18N2S2/c1-20-16-10-5-3-8-14(16)18-12-7-13-19-15-9-4-6-11-17(15)21-2/h3-13,18H,1-2H3. The summed E-state index contributed by atoms with van der Waals surface area (Å²) in [5, 5.41) is 3.28. The van der Waals surface area contributed by atoms with Crippen molar-refractivity contribution in [1.82, 2.24) is 0 Å². The molecule has 1 N–H and O–H groups in total. The third-order valence-corrected chi connectivity index (χ3v) is 4.41. The number of nitrogens with zero attached hydrogens (tertiary/aromatic N) is 1. The Kier molecular flexibility index (Phi) is 6.44. The molecule has 2 aromatic rings. The minimum atomic E-state index is 0.999. The molecule has 21 heavy (non-hydrogen) atoms. The number of thioether (sulfide) groups is 2. The molecule has 0 aromatic heterocycles. The van der Waals surface area contributed by atoms with Crippen LogP contribution in [0.1, 0.15) is 0 Å². The summed E-state index contributed by atoms with van der Waals surface area (Å²) in [7, 11) is 0. The fourth-order valence-corrected chi connectivity index (χ4v) is 2.91. The lowest BCUT2D eigenvalue weighted by atomic mass is 10.3. The quantitative estimate of drug-likeness (QED) is 0.566. The van der Waals surface area contributed by atoms with Crippen LogP contribution >= 0.6 is 23.5 Å². The van der Waals surface area contributed by atoms with E-state index >= 15 is 0 Å². The van der Waals surface area contributed by atoms with Crippen LogP contribution in [-0.2, 0) is 0 Å². The SMILES string of the molecule is CSc1ccccc1N=CC=CNc1ccccc1SC. The first-order valence-electron chi connectivity index (χ1n) is 6.57. The number of anilines is 1. The zero-order chi connectivity index (χ0) is 14.9. The van der Waals surface area contributed by atoms with Gasteiger partial charge in [-0.3, -0.25) is 4.99 Å². The molecule has 0 amide bonds. The first kappa shape index (κ1) is 15.7. The highest BCUT2D eigenvalue weighted by Gasteiger charge is 1.97. The summed E-state index contributed by atoms with van der Waals surface area (Å²) >= 11 is 3.43.